The first-order chi connectivity index (χ1) is 16.3. The van der Waals surface area contributed by atoms with Crippen LogP contribution in [-0.2, 0) is 11.2 Å². The summed E-state index contributed by atoms with van der Waals surface area (Å²) in [6.45, 7) is 4.02. The lowest BCUT2D eigenvalue weighted by molar-refractivity contribution is -0.113. The van der Waals surface area contributed by atoms with Crippen molar-refractivity contribution in [3.63, 3.8) is 0 Å². The highest BCUT2D eigenvalue weighted by molar-refractivity contribution is 9.10. The molecule has 0 atom stereocenters. The van der Waals surface area contributed by atoms with E-state index in [0.717, 1.165) is 39.5 Å². The van der Waals surface area contributed by atoms with Crippen LogP contribution >= 0.6 is 50.6 Å². The second-order valence-corrected chi connectivity index (χ2v) is 10.9. The molecule has 0 spiro atoms. The number of hydrogen-bond acceptors (Lipinski definition) is 5. The summed E-state index contributed by atoms with van der Waals surface area (Å²) in [6.07, 6.45) is 1.82. The molecule has 4 aromatic rings. The first-order valence-electron chi connectivity index (χ1n) is 10.5. The van der Waals surface area contributed by atoms with Crippen LogP contribution in [0.5, 0.6) is 0 Å². The zero-order chi connectivity index (χ0) is 24.4. The number of rotatable bonds is 7. The summed E-state index contributed by atoms with van der Waals surface area (Å²) in [5.74, 6) is -0.677. The Labute approximate surface area is 217 Å². The van der Waals surface area contributed by atoms with Gasteiger partial charge in [0.15, 0.2) is 5.16 Å². The first kappa shape index (κ1) is 24.9. The topological polar surface area (TPSA) is 64.0 Å². The molecular weight excluding hydrogens is 561 g/mol. The number of benzene rings is 2. The number of nitrogens with one attached hydrogen (secondary N) is 1. The second-order valence-electron chi connectivity index (χ2n) is 7.55. The number of aromatic nitrogens is 2. The minimum atomic E-state index is -0.400. The van der Waals surface area contributed by atoms with Gasteiger partial charge in [-0.15, -0.1) is 11.3 Å². The molecule has 4 rings (SSSR count). The lowest BCUT2D eigenvalue weighted by atomic mass is 10.1. The van der Waals surface area contributed by atoms with Gasteiger partial charge in [0.2, 0.25) is 5.91 Å². The van der Waals surface area contributed by atoms with E-state index in [-0.39, 0.29) is 17.2 Å². The molecule has 0 bridgehead atoms. The average molecular weight is 581 g/mol. The van der Waals surface area contributed by atoms with E-state index in [1.165, 1.54) is 40.2 Å². The number of thioether (sulfide) groups is 1. The van der Waals surface area contributed by atoms with Gasteiger partial charge in [-0.25, -0.2) is 9.37 Å². The van der Waals surface area contributed by atoms with Gasteiger partial charge < -0.3 is 5.32 Å². The Balaban J connectivity index is 1.71. The molecular formula is C24H20BrClFN3O2S2. The Kier molecular flexibility index (Phi) is 7.77. The number of thiophene rings is 1. The summed E-state index contributed by atoms with van der Waals surface area (Å²) in [7, 11) is 0. The molecule has 1 N–H and O–H groups in total. The highest BCUT2D eigenvalue weighted by Crippen LogP contribution is 2.31. The third kappa shape index (κ3) is 5.22. The van der Waals surface area contributed by atoms with E-state index in [9.17, 15) is 14.0 Å². The van der Waals surface area contributed by atoms with Crippen molar-refractivity contribution in [3.05, 3.63) is 78.6 Å². The van der Waals surface area contributed by atoms with Crippen LogP contribution in [0.4, 0.5) is 10.1 Å². The van der Waals surface area contributed by atoms with Crippen molar-refractivity contribution < 1.29 is 9.18 Å². The van der Waals surface area contributed by atoms with E-state index in [4.69, 9.17) is 16.6 Å². The van der Waals surface area contributed by atoms with E-state index in [1.54, 1.807) is 18.2 Å². The molecule has 1 amide bonds. The molecule has 0 unspecified atom stereocenters. The van der Waals surface area contributed by atoms with Gasteiger partial charge in [-0.2, -0.15) is 0 Å². The summed E-state index contributed by atoms with van der Waals surface area (Å²) in [4.78, 5) is 32.7. The third-order valence-electron chi connectivity index (χ3n) is 5.13. The summed E-state index contributed by atoms with van der Waals surface area (Å²) in [6, 6.07) is 10.8. The third-order valence-corrected chi connectivity index (χ3v) is 8.12. The molecule has 2 aromatic heterocycles. The van der Waals surface area contributed by atoms with Gasteiger partial charge in [-0.05, 0) is 61.4 Å². The Morgan fingerprint density at radius 1 is 1.26 bits per heavy atom. The number of halogens is 3. The molecule has 0 aliphatic rings. The molecule has 2 aromatic carbocycles. The van der Waals surface area contributed by atoms with Crippen molar-refractivity contribution in [1.29, 1.82) is 0 Å². The van der Waals surface area contributed by atoms with E-state index in [0.29, 0.717) is 31.8 Å². The standard InChI is InChI=1S/C24H20BrClFN3O2S2/c1-3-4-19-13(2)21-22(34-19)29-24(30(23(21)32)16-8-6-15(27)7-9-16)33-12-20(31)28-18-10-5-14(25)11-17(18)26/h5-11H,3-4,12H2,1-2H3,(H,28,31). The highest BCUT2D eigenvalue weighted by Gasteiger charge is 2.20. The van der Waals surface area contributed by atoms with E-state index in [1.807, 2.05) is 6.92 Å². The van der Waals surface area contributed by atoms with Crippen molar-refractivity contribution >= 4 is 72.4 Å². The van der Waals surface area contributed by atoms with Gasteiger partial charge in [0, 0.05) is 9.35 Å². The van der Waals surface area contributed by atoms with E-state index < -0.39 is 5.82 Å². The van der Waals surface area contributed by atoms with Gasteiger partial charge in [-0.3, -0.25) is 14.2 Å². The zero-order valence-electron chi connectivity index (χ0n) is 18.3. The predicted molar refractivity (Wildman–Crippen MR) is 142 cm³/mol. The van der Waals surface area contributed by atoms with Gasteiger partial charge in [-0.1, -0.05) is 52.6 Å². The van der Waals surface area contributed by atoms with Crippen LogP contribution in [0, 0.1) is 12.7 Å². The van der Waals surface area contributed by atoms with E-state index >= 15 is 0 Å². The lowest BCUT2D eigenvalue weighted by Gasteiger charge is -2.13. The van der Waals surface area contributed by atoms with Gasteiger partial charge in [0.1, 0.15) is 10.6 Å². The van der Waals surface area contributed by atoms with Crippen LogP contribution < -0.4 is 10.9 Å². The first-order valence-corrected chi connectivity index (χ1v) is 13.4. The number of amides is 1. The van der Waals surface area contributed by atoms with Crippen molar-refractivity contribution in [2.45, 2.75) is 31.8 Å². The largest absolute Gasteiger partial charge is 0.324 e. The molecule has 0 saturated heterocycles. The summed E-state index contributed by atoms with van der Waals surface area (Å²) in [5.41, 5.74) is 1.68. The van der Waals surface area contributed by atoms with Crippen molar-refractivity contribution in [2.75, 3.05) is 11.1 Å². The number of fused-ring (bicyclic) bond motifs is 1. The molecule has 2 heterocycles. The number of hydrogen-bond donors (Lipinski definition) is 1. The maximum absolute atomic E-state index is 13.6. The van der Waals surface area contributed by atoms with E-state index in [2.05, 4.69) is 28.2 Å². The molecule has 0 aliphatic carbocycles. The fourth-order valence-electron chi connectivity index (χ4n) is 3.50. The average Bonchev–Trinajstić information content (AvgIpc) is 3.11. The molecule has 0 radical (unpaired) electrons. The van der Waals surface area contributed by atoms with Crippen LogP contribution in [0.15, 0.2) is 56.9 Å². The molecule has 176 valence electrons. The minimum absolute atomic E-state index is 0.0116. The number of aryl methyl sites for hydroxylation is 2. The van der Waals surface area contributed by atoms with Crippen LogP contribution in [0.2, 0.25) is 5.02 Å². The summed E-state index contributed by atoms with van der Waals surface area (Å²) < 4.78 is 15.8. The molecule has 5 nitrogen and oxygen atoms in total. The summed E-state index contributed by atoms with van der Waals surface area (Å²) >= 11 is 12.2. The molecule has 34 heavy (non-hydrogen) atoms. The number of carbonyl (C=O) groups excluding carboxylic acids is 1. The summed E-state index contributed by atoms with van der Waals surface area (Å²) in [5, 5.41) is 4.12. The SMILES string of the molecule is CCCc1sc2nc(SCC(=O)Nc3ccc(Br)cc3Cl)n(-c3ccc(F)cc3)c(=O)c2c1C. The van der Waals surface area contributed by atoms with Crippen LogP contribution in [0.25, 0.3) is 15.9 Å². The van der Waals surface area contributed by atoms with Crippen LogP contribution in [0.1, 0.15) is 23.8 Å². The van der Waals surface area contributed by atoms with Gasteiger partial charge >= 0.3 is 0 Å². The Morgan fingerprint density at radius 2 is 2.00 bits per heavy atom. The van der Waals surface area contributed by atoms with Crippen LogP contribution in [-0.4, -0.2) is 21.2 Å². The monoisotopic (exact) mass is 579 g/mol. The van der Waals surface area contributed by atoms with Crippen molar-refractivity contribution in [3.8, 4) is 5.69 Å². The van der Waals surface area contributed by atoms with Gasteiger partial charge in [0.25, 0.3) is 5.56 Å². The normalized spacial score (nSPS) is 11.2. The molecule has 10 heteroatoms. The molecule has 0 aliphatic heterocycles. The molecule has 0 saturated carbocycles. The smallest absolute Gasteiger partial charge is 0.267 e. The second kappa shape index (κ2) is 10.6. The maximum Gasteiger partial charge on any atom is 0.267 e. The number of anilines is 1. The predicted octanol–water partition coefficient (Wildman–Crippen LogP) is 6.99. The molecule has 0 fully saturated rings. The zero-order valence-corrected chi connectivity index (χ0v) is 22.3. The number of nitrogens with zero attached hydrogens (tertiary/aromatic N) is 2. The van der Waals surface area contributed by atoms with Crippen LogP contribution in [0.3, 0.4) is 0 Å². The Hall–Kier alpha value is -2.20. The highest BCUT2D eigenvalue weighted by atomic mass is 79.9. The maximum atomic E-state index is 13.6. The lowest BCUT2D eigenvalue weighted by Crippen LogP contribution is -2.23. The quantitative estimate of drug-likeness (QED) is 0.189. The fourth-order valence-corrected chi connectivity index (χ4v) is 6.35. The Morgan fingerprint density at radius 3 is 2.68 bits per heavy atom. The number of carbonyl (C=O) groups is 1. The minimum Gasteiger partial charge on any atom is -0.324 e. The van der Waals surface area contributed by atoms with Gasteiger partial charge in [0.05, 0.1) is 27.5 Å². The van der Waals surface area contributed by atoms with Crippen molar-refractivity contribution in [2.24, 2.45) is 0 Å². The fraction of sp³-hybridized carbons (Fsp3) is 0.208. The Bertz CT molecular complexity index is 1440. The van der Waals surface area contributed by atoms with Crippen molar-refractivity contribution in [1.82, 2.24) is 9.55 Å².